The number of halogens is 1. The minimum Gasteiger partial charge on any atom is -0.481 e. The van der Waals surface area contributed by atoms with Gasteiger partial charge in [-0.25, -0.2) is 4.39 Å². The molecule has 1 fully saturated rings. The molecule has 2 rings (SSSR count). The average Bonchev–Trinajstić information content (AvgIpc) is 2.32. The smallest absolute Gasteiger partial charge is 0.306 e. The fraction of sp³-hybridized carbons (Fsp3) is 0.500. The molecule has 0 amide bonds. The van der Waals surface area contributed by atoms with Gasteiger partial charge in [-0.2, -0.15) is 0 Å². The molecule has 0 bridgehead atoms. The van der Waals surface area contributed by atoms with Gasteiger partial charge in [-0.1, -0.05) is 30.3 Å². The molecule has 0 aromatic heterocycles. The zero-order valence-electron chi connectivity index (χ0n) is 9.68. The normalized spacial score (nSPS) is 28.9. The molecule has 1 N–H and O–H groups in total. The Bertz CT molecular complexity index is 377. The third-order valence-electron chi connectivity index (χ3n) is 3.59. The van der Waals surface area contributed by atoms with Crippen molar-refractivity contribution in [1.82, 2.24) is 0 Å². The molecular weight excluding hydrogens is 219 g/mol. The molecule has 3 unspecified atom stereocenters. The Morgan fingerprint density at radius 3 is 2.65 bits per heavy atom. The van der Waals surface area contributed by atoms with Gasteiger partial charge in [-0.05, 0) is 37.2 Å². The summed E-state index contributed by atoms with van der Waals surface area (Å²) >= 11 is 0. The number of benzene rings is 1. The van der Waals surface area contributed by atoms with Crippen LogP contribution in [0.25, 0.3) is 0 Å². The fourth-order valence-electron chi connectivity index (χ4n) is 2.65. The summed E-state index contributed by atoms with van der Waals surface area (Å²) in [6.45, 7) is 0. The van der Waals surface area contributed by atoms with Crippen molar-refractivity contribution in [1.29, 1.82) is 0 Å². The minimum atomic E-state index is -0.942. The molecule has 2 nitrogen and oxygen atoms in total. The molecule has 1 aliphatic carbocycles. The zero-order valence-corrected chi connectivity index (χ0v) is 9.68. The molecule has 0 heterocycles. The van der Waals surface area contributed by atoms with Crippen molar-refractivity contribution in [3.8, 4) is 0 Å². The SMILES string of the molecule is O=C(O)C1CC(F)CCC1Cc1ccccc1. The molecule has 1 aliphatic rings. The van der Waals surface area contributed by atoms with Crippen LogP contribution in [-0.2, 0) is 11.2 Å². The highest BCUT2D eigenvalue weighted by Gasteiger charge is 2.35. The number of carboxylic acids is 1. The standard InChI is InChI=1S/C14H17FO2/c15-12-7-6-11(13(9-12)14(16)17)8-10-4-2-1-3-5-10/h1-5,11-13H,6-9H2,(H,16,17). The summed E-state index contributed by atoms with van der Waals surface area (Å²) in [7, 11) is 0. The first kappa shape index (κ1) is 12.1. The Labute approximate surface area is 100 Å². The second kappa shape index (κ2) is 5.30. The van der Waals surface area contributed by atoms with Gasteiger partial charge in [0.2, 0.25) is 0 Å². The third-order valence-corrected chi connectivity index (χ3v) is 3.59. The van der Waals surface area contributed by atoms with Crippen LogP contribution < -0.4 is 0 Å². The van der Waals surface area contributed by atoms with E-state index >= 15 is 0 Å². The summed E-state index contributed by atoms with van der Waals surface area (Å²) in [6.07, 6.45) is 1.15. The number of hydrogen-bond acceptors (Lipinski definition) is 1. The van der Waals surface area contributed by atoms with E-state index in [4.69, 9.17) is 5.11 Å². The van der Waals surface area contributed by atoms with E-state index in [0.717, 1.165) is 12.0 Å². The van der Waals surface area contributed by atoms with Crippen LogP contribution >= 0.6 is 0 Å². The van der Waals surface area contributed by atoms with Crippen molar-refractivity contribution in [2.75, 3.05) is 0 Å². The molecule has 0 spiro atoms. The topological polar surface area (TPSA) is 37.3 Å². The maximum absolute atomic E-state index is 13.2. The minimum absolute atomic E-state index is 0.0712. The summed E-state index contributed by atoms with van der Waals surface area (Å²) in [6, 6.07) is 9.84. The fourth-order valence-corrected chi connectivity index (χ4v) is 2.65. The molecule has 17 heavy (non-hydrogen) atoms. The predicted octanol–water partition coefficient (Wildman–Crippen LogP) is 3.07. The van der Waals surface area contributed by atoms with Gasteiger partial charge in [0.25, 0.3) is 0 Å². The molecule has 1 aromatic carbocycles. The van der Waals surface area contributed by atoms with Crippen LogP contribution in [0.15, 0.2) is 30.3 Å². The van der Waals surface area contributed by atoms with Crippen LogP contribution in [0.3, 0.4) is 0 Å². The Morgan fingerprint density at radius 2 is 2.00 bits per heavy atom. The van der Waals surface area contributed by atoms with Gasteiger partial charge >= 0.3 is 5.97 Å². The van der Waals surface area contributed by atoms with Crippen LogP contribution in [0.1, 0.15) is 24.8 Å². The van der Waals surface area contributed by atoms with Gasteiger partial charge < -0.3 is 5.11 Å². The summed E-state index contributed by atoms with van der Waals surface area (Å²) in [5, 5.41) is 9.14. The molecule has 0 aliphatic heterocycles. The Kier molecular flexibility index (Phi) is 3.77. The number of aliphatic carboxylic acids is 1. The first-order valence-electron chi connectivity index (χ1n) is 6.07. The van der Waals surface area contributed by atoms with E-state index in [0.29, 0.717) is 12.8 Å². The van der Waals surface area contributed by atoms with Crippen LogP contribution in [0.5, 0.6) is 0 Å². The summed E-state index contributed by atoms with van der Waals surface area (Å²) in [5.41, 5.74) is 1.14. The zero-order chi connectivity index (χ0) is 12.3. The van der Waals surface area contributed by atoms with Crippen molar-refractivity contribution in [2.45, 2.75) is 31.9 Å². The van der Waals surface area contributed by atoms with E-state index in [1.807, 2.05) is 30.3 Å². The van der Waals surface area contributed by atoms with Gasteiger partial charge in [-0.3, -0.25) is 4.79 Å². The molecular formula is C14H17FO2. The lowest BCUT2D eigenvalue weighted by atomic mass is 9.75. The highest BCUT2D eigenvalue weighted by Crippen LogP contribution is 2.34. The number of rotatable bonds is 3. The molecule has 3 atom stereocenters. The van der Waals surface area contributed by atoms with Gasteiger partial charge in [0.05, 0.1) is 5.92 Å². The molecule has 0 saturated heterocycles. The van der Waals surface area contributed by atoms with Crippen LogP contribution in [-0.4, -0.2) is 17.2 Å². The molecule has 92 valence electrons. The van der Waals surface area contributed by atoms with Gasteiger partial charge in [-0.15, -0.1) is 0 Å². The lowest BCUT2D eigenvalue weighted by Gasteiger charge is -2.30. The molecule has 3 heteroatoms. The maximum Gasteiger partial charge on any atom is 0.306 e. The van der Waals surface area contributed by atoms with Gasteiger partial charge in [0.1, 0.15) is 6.17 Å². The van der Waals surface area contributed by atoms with Crippen LogP contribution in [0.4, 0.5) is 4.39 Å². The van der Waals surface area contributed by atoms with Crippen molar-refractivity contribution in [2.24, 2.45) is 11.8 Å². The van der Waals surface area contributed by atoms with E-state index in [1.54, 1.807) is 0 Å². The van der Waals surface area contributed by atoms with E-state index in [2.05, 4.69) is 0 Å². The number of alkyl halides is 1. The average molecular weight is 236 g/mol. The van der Waals surface area contributed by atoms with E-state index in [-0.39, 0.29) is 12.3 Å². The Balaban J connectivity index is 2.06. The highest BCUT2D eigenvalue weighted by atomic mass is 19.1. The number of carbonyl (C=O) groups is 1. The van der Waals surface area contributed by atoms with Crippen LogP contribution in [0.2, 0.25) is 0 Å². The number of hydrogen-bond donors (Lipinski definition) is 1. The van der Waals surface area contributed by atoms with Crippen molar-refractivity contribution >= 4 is 5.97 Å². The van der Waals surface area contributed by atoms with E-state index in [9.17, 15) is 9.18 Å². The summed E-state index contributed by atoms with van der Waals surface area (Å²) in [5.74, 6) is -1.31. The summed E-state index contributed by atoms with van der Waals surface area (Å²) in [4.78, 5) is 11.1. The highest BCUT2D eigenvalue weighted by molar-refractivity contribution is 5.70. The van der Waals surface area contributed by atoms with Gasteiger partial charge in [0.15, 0.2) is 0 Å². The predicted molar refractivity (Wildman–Crippen MR) is 63.5 cm³/mol. The third kappa shape index (κ3) is 3.05. The maximum atomic E-state index is 13.2. The van der Waals surface area contributed by atoms with E-state index < -0.39 is 18.1 Å². The lowest BCUT2D eigenvalue weighted by Crippen LogP contribution is -2.32. The first-order valence-corrected chi connectivity index (χ1v) is 6.07. The number of carboxylic acid groups (broad SMARTS) is 1. The molecule has 1 saturated carbocycles. The quantitative estimate of drug-likeness (QED) is 0.875. The largest absolute Gasteiger partial charge is 0.481 e. The second-order valence-electron chi connectivity index (χ2n) is 4.80. The van der Waals surface area contributed by atoms with Crippen molar-refractivity contribution in [3.05, 3.63) is 35.9 Å². The second-order valence-corrected chi connectivity index (χ2v) is 4.80. The molecule has 1 aromatic rings. The monoisotopic (exact) mass is 236 g/mol. The van der Waals surface area contributed by atoms with Gasteiger partial charge in [0, 0.05) is 0 Å². The Morgan fingerprint density at radius 1 is 1.29 bits per heavy atom. The van der Waals surface area contributed by atoms with Crippen molar-refractivity contribution in [3.63, 3.8) is 0 Å². The first-order chi connectivity index (χ1) is 8.16. The van der Waals surface area contributed by atoms with E-state index in [1.165, 1.54) is 0 Å². The lowest BCUT2D eigenvalue weighted by molar-refractivity contribution is -0.145. The van der Waals surface area contributed by atoms with Crippen LogP contribution in [0, 0.1) is 11.8 Å². The Hall–Kier alpha value is -1.38. The molecule has 0 radical (unpaired) electrons. The van der Waals surface area contributed by atoms with Crippen molar-refractivity contribution < 1.29 is 14.3 Å². The summed E-state index contributed by atoms with van der Waals surface area (Å²) < 4.78 is 13.2.